The Morgan fingerprint density at radius 2 is 2.00 bits per heavy atom. The summed E-state index contributed by atoms with van der Waals surface area (Å²) in [6, 6.07) is 7.05. The van der Waals surface area contributed by atoms with Gasteiger partial charge in [0.15, 0.2) is 0 Å². The number of anilines is 1. The molecule has 21 heavy (non-hydrogen) atoms. The van der Waals surface area contributed by atoms with Gasteiger partial charge in [-0.25, -0.2) is 0 Å². The van der Waals surface area contributed by atoms with Crippen LogP contribution >= 0.6 is 0 Å². The van der Waals surface area contributed by atoms with Crippen LogP contribution in [0.3, 0.4) is 0 Å². The van der Waals surface area contributed by atoms with Gasteiger partial charge < -0.3 is 19.5 Å². The summed E-state index contributed by atoms with van der Waals surface area (Å²) in [5.41, 5.74) is 0.550. The van der Waals surface area contributed by atoms with Gasteiger partial charge in [0, 0.05) is 13.7 Å². The molecule has 1 atom stereocenters. The van der Waals surface area contributed by atoms with Gasteiger partial charge >= 0.3 is 5.97 Å². The standard InChI is InChI=1S/C15H21NO5/c1-4-21-13-8-6-5-7-12(13)16(14(17)10-20-3)9-11(2)15(18)19/h5-8,11H,4,9-10H2,1-3H3,(H,18,19). The van der Waals surface area contributed by atoms with E-state index in [2.05, 4.69) is 0 Å². The van der Waals surface area contributed by atoms with Crippen LogP contribution in [-0.4, -0.2) is 43.9 Å². The lowest BCUT2D eigenvalue weighted by Crippen LogP contribution is -2.39. The zero-order valence-corrected chi connectivity index (χ0v) is 12.5. The molecule has 0 aromatic heterocycles. The fourth-order valence-electron chi connectivity index (χ4n) is 1.85. The number of rotatable bonds is 8. The van der Waals surface area contributed by atoms with Crippen molar-refractivity contribution in [2.45, 2.75) is 13.8 Å². The number of ether oxygens (including phenoxy) is 2. The van der Waals surface area contributed by atoms with E-state index in [1.165, 1.54) is 12.0 Å². The highest BCUT2D eigenvalue weighted by atomic mass is 16.5. The SMILES string of the molecule is CCOc1ccccc1N(CC(C)C(=O)O)C(=O)COC. The van der Waals surface area contributed by atoms with Crippen molar-refractivity contribution in [2.75, 3.05) is 31.8 Å². The topological polar surface area (TPSA) is 76.1 Å². The third-order valence-corrected chi connectivity index (χ3v) is 2.90. The molecule has 0 fully saturated rings. The first-order valence-corrected chi connectivity index (χ1v) is 6.75. The molecular formula is C15H21NO5. The molecule has 0 heterocycles. The van der Waals surface area contributed by atoms with Crippen molar-refractivity contribution < 1.29 is 24.2 Å². The monoisotopic (exact) mass is 295 g/mol. The molecule has 1 rings (SSSR count). The highest BCUT2D eigenvalue weighted by Crippen LogP contribution is 2.29. The highest BCUT2D eigenvalue weighted by Gasteiger charge is 2.24. The van der Waals surface area contributed by atoms with Crippen molar-refractivity contribution in [1.29, 1.82) is 0 Å². The van der Waals surface area contributed by atoms with E-state index < -0.39 is 11.9 Å². The quantitative estimate of drug-likeness (QED) is 0.791. The summed E-state index contributed by atoms with van der Waals surface area (Å²) in [4.78, 5) is 24.7. The van der Waals surface area contributed by atoms with Crippen LogP contribution in [0, 0.1) is 5.92 Å². The van der Waals surface area contributed by atoms with E-state index in [0.29, 0.717) is 18.0 Å². The molecule has 0 saturated carbocycles. The normalized spacial score (nSPS) is 11.8. The van der Waals surface area contributed by atoms with Gasteiger partial charge in [0.1, 0.15) is 12.4 Å². The average Bonchev–Trinajstić information content (AvgIpc) is 2.45. The molecule has 0 aliphatic carbocycles. The lowest BCUT2D eigenvalue weighted by molar-refractivity contribution is -0.140. The summed E-state index contributed by atoms with van der Waals surface area (Å²) < 4.78 is 10.4. The zero-order valence-electron chi connectivity index (χ0n) is 12.5. The fourth-order valence-corrected chi connectivity index (χ4v) is 1.85. The summed E-state index contributed by atoms with van der Waals surface area (Å²) in [6.07, 6.45) is 0. The molecule has 0 spiro atoms. The second-order valence-corrected chi connectivity index (χ2v) is 4.58. The van der Waals surface area contributed by atoms with E-state index in [1.54, 1.807) is 31.2 Å². The number of benzene rings is 1. The van der Waals surface area contributed by atoms with E-state index in [0.717, 1.165) is 0 Å². The number of carboxylic acid groups (broad SMARTS) is 1. The predicted molar refractivity (Wildman–Crippen MR) is 78.6 cm³/mol. The molecular weight excluding hydrogens is 274 g/mol. The highest BCUT2D eigenvalue weighted by molar-refractivity contribution is 5.96. The van der Waals surface area contributed by atoms with Crippen molar-refractivity contribution in [3.05, 3.63) is 24.3 Å². The van der Waals surface area contributed by atoms with Crippen LogP contribution < -0.4 is 9.64 Å². The van der Waals surface area contributed by atoms with Crippen molar-refractivity contribution in [2.24, 2.45) is 5.92 Å². The van der Waals surface area contributed by atoms with Crippen LogP contribution in [0.15, 0.2) is 24.3 Å². The largest absolute Gasteiger partial charge is 0.492 e. The lowest BCUT2D eigenvalue weighted by atomic mass is 10.1. The maximum Gasteiger partial charge on any atom is 0.308 e. The molecule has 0 aliphatic rings. The second-order valence-electron chi connectivity index (χ2n) is 4.58. The van der Waals surface area contributed by atoms with Crippen LogP contribution in [0.2, 0.25) is 0 Å². The molecule has 6 heteroatoms. The number of amides is 1. The first kappa shape index (κ1) is 17.0. The third kappa shape index (κ3) is 4.75. The van der Waals surface area contributed by atoms with Crippen molar-refractivity contribution in [1.82, 2.24) is 0 Å². The predicted octanol–water partition coefficient (Wildman–Crippen LogP) is 1.79. The molecule has 1 unspecified atom stereocenters. The minimum atomic E-state index is -0.959. The Morgan fingerprint density at radius 1 is 1.33 bits per heavy atom. The first-order chi connectivity index (χ1) is 10.0. The molecule has 0 saturated heterocycles. The molecule has 0 radical (unpaired) electrons. The van der Waals surface area contributed by atoms with Gasteiger partial charge in [-0.15, -0.1) is 0 Å². The number of aliphatic carboxylic acids is 1. The van der Waals surface area contributed by atoms with Crippen LogP contribution in [0.25, 0.3) is 0 Å². The van der Waals surface area contributed by atoms with Gasteiger partial charge in [-0.3, -0.25) is 9.59 Å². The molecule has 1 amide bonds. The van der Waals surface area contributed by atoms with E-state index >= 15 is 0 Å². The molecule has 1 aromatic rings. The summed E-state index contributed by atoms with van der Waals surface area (Å²) >= 11 is 0. The minimum absolute atomic E-state index is 0.0572. The summed E-state index contributed by atoms with van der Waals surface area (Å²) in [7, 11) is 1.42. The van der Waals surface area contributed by atoms with Gasteiger partial charge in [-0.2, -0.15) is 0 Å². The van der Waals surface area contributed by atoms with Crippen LogP contribution in [0.1, 0.15) is 13.8 Å². The van der Waals surface area contributed by atoms with Crippen molar-refractivity contribution in [3.8, 4) is 5.75 Å². The van der Waals surface area contributed by atoms with E-state index in [4.69, 9.17) is 14.6 Å². The van der Waals surface area contributed by atoms with Gasteiger partial charge in [-0.05, 0) is 19.1 Å². The van der Waals surface area contributed by atoms with Gasteiger partial charge in [0.05, 0.1) is 18.2 Å². The molecule has 6 nitrogen and oxygen atoms in total. The first-order valence-electron chi connectivity index (χ1n) is 6.75. The Bertz CT molecular complexity index is 489. The summed E-state index contributed by atoms with van der Waals surface area (Å²) in [6.45, 7) is 3.79. The van der Waals surface area contributed by atoms with E-state index in [-0.39, 0.29) is 19.1 Å². The Hall–Kier alpha value is -2.08. The smallest absolute Gasteiger partial charge is 0.308 e. The van der Waals surface area contributed by atoms with Crippen LogP contribution in [-0.2, 0) is 14.3 Å². The molecule has 0 aliphatic heterocycles. The number of carboxylic acids is 1. The number of methoxy groups -OCH3 is 1. The number of hydrogen-bond donors (Lipinski definition) is 1. The summed E-state index contributed by atoms with van der Waals surface area (Å²) in [5, 5.41) is 9.06. The Kier molecular flexibility index (Phi) is 6.68. The molecule has 116 valence electrons. The summed E-state index contributed by atoms with van der Waals surface area (Å²) in [5.74, 6) is -1.42. The maximum absolute atomic E-state index is 12.2. The Labute approximate surface area is 124 Å². The van der Waals surface area contributed by atoms with Crippen molar-refractivity contribution in [3.63, 3.8) is 0 Å². The van der Waals surface area contributed by atoms with Crippen LogP contribution in [0.5, 0.6) is 5.75 Å². The molecule has 1 aromatic carbocycles. The third-order valence-electron chi connectivity index (χ3n) is 2.90. The fraction of sp³-hybridized carbons (Fsp3) is 0.467. The number of para-hydroxylation sites is 2. The second kappa shape index (κ2) is 8.26. The number of carbonyl (C=O) groups excluding carboxylic acids is 1. The minimum Gasteiger partial charge on any atom is -0.492 e. The van der Waals surface area contributed by atoms with Gasteiger partial charge in [-0.1, -0.05) is 19.1 Å². The Morgan fingerprint density at radius 3 is 2.57 bits per heavy atom. The van der Waals surface area contributed by atoms with Gasteiger partial charge in [0.2, 0.25) is 0 Å². The average molecular weight is 295 g/mol. The number of hydrogen-bond acceptors (Lipinski definition) is 4. The van der Waals surface area contributed by atoms with Crippen LogP contribution in [0.4, 0.5) is 5.69 Å². The van der Waals surface area contributed by atoms with Crippen molar-refractivity contribution >= 4 is 17.6 Å². The Balaban J connectivity index is 3.11. The maximum atomic E-state index is 12.2. The number of carbonyl (C=O) groups is 2. The van der Waals surface area contributed by atoms with E-state index in [1.807, 2.05) is 6.92 Å². The number of nitrogens with zero attached hydrogens (tertiary/aromatic N) is 1. The lowest BCUT2D eigenvalue weighted by Gasteiger charge is -2.26. The van der Waals surface area contributed by atoms with E-state index in [9.17, 15) is 9.59 Å². The molecule has 0 bridgehead atoms. The molecule has 1 N–H and O–H groups in total. The van der Waals surface area contributed by atoms with Gasteiger partial charge in [0.25, 0.3) is 5.91 Å². The zero-order chi connectivity index (χ0) is 15.8.